The largest absolute Gasteiger partial charge is 0.362 e. The smallest absolute Gasteiger partial charge is 0.142 e. The molecule has 0 aromatic heterocycles. The van der Waals surface area contributed by atoms with Crippen LogP contribution in [0.3, 0.4) is 0 Å². The van der Waals surface area contributed by atoms with Crippen molar-refractivity contribution in [3.05, 3.63) is 29.8 Å². The lowest BCUT2D eigenvalue weighted by atomic mass is 10.1. The highest BCUT2D eigenvalue weighted by Crippen LogP contribution is 2.25. The van der Waals surface area contributed by atoms with Crippen LogP contribution < -0.4 is 10.6 Å². The third kappa shape index (κ3) is 2.09. The van der Waals surface area contributed by atoms with E-state index >= 15 is 0 Å². The van der Waals surface area contributed by atoms with Crippen molar-refractivity contribution in [2.24, 2.45) is 5.73 Å². The van der Waals surface area contributed by atoms with E-state index in [1.165, 1.54) is 0 Å². The molecule has 1 aromatic carbocycles. The molecule has 0 aliphatic carbocycles. The summed E-state index contributed by atoms with van der Waals surface area (Å²) in [6, 6.07) is 8.32. The summed E-state index contributed by atoms with van der Waals surface area (Å²) in [5.41, 5.74) is 8.06. The van der Waals surface area contributed by atoms with Crippen molar-refractivity contribution < 1.29 is 4.79 Å². The standard InChI is InChI=1S/C13H18N2O/c1-10(14)11-4-6-12(7-5-11)15-8-2-3-13(15)9-16/h4-7,9-10,13H,2-3,8,14H2,1H3. The number of rotatable bonds is 3. The van der Waals surface area contributed by atoms with Crippen LogP contribution in [-0.4, -0.2) is 18.9 Å². The van der Waals surface area contributed by atoms with Crippen molar-refractivity contribution >= 4 is 12.0 Å². The number of aldehydes is 1. The monoisotopic (exact) mass is 218 g/mol. The summed E-state index contributed by atoms with van der Waals surface area (Å²) in [5, 5.41) is 0. The minimum atomic E-state index is 0.0566. The van der Waals surface area contributed by atoms with Crippen molar-refractivity contribution in [2.45, 2.75) is 31.8 Å². The normalized spacial score (nSPS) is 22.1. The maximum Gasteiger partial charge on any atom is 0.142 e. The third-order valence-corrected chi connectivity index (χ3v) is 3.21. The van der Waals surface area contributed by atoms with Gasteiger partial charge >= 0.3 is 0 Å². The van der Waals surface area contributed by atoms with E-state index in [2.05, 4.69) is 17.0 Å². The highest BCUT2D eigenvalue weighted by Gasteiger charge is 2.23. The summed E-state index contributed by atoms with van der Waals surface area (Å²) in [6.45, 7) is 2.94. The van der Waals surface area contributed by atoms with E-state index in [4.69, 9.17) is 5.73 Å². The summed E-state index contributed by atoms with van der Waals surface area (Å²) < 4.78 is 0. The van der Waals surface area contributed by atoms with Crippen molar-refractivity contribution in [3.63, 3.8) is 0 Å². The molecule has 0 spiro atoms. The predicted octanol–water partition coefficient (Wildman–Crippen LogP) is 1.87. The molecule has 2 atom stereocenters. The second-order valence-corrected chi connectivity index (χ2v) is 4.42. The summed E-state index contributed by atoms with van der Waals surface area (Å²) in [4.78, 5) is 13.1. The van der Waals surface area contributed by atoms with Gasteiger partial charge in [-0.25, -0.2) is 0 Å². The Balaban J connectivity index is 2.18. The lowest BCUT2D eigenvalue weighted by molar-refractivity contribution is -0.108. The topological polar surface area (TPSA) is 46.3 Å². The van der Waals surface area contributed by atoms with Crippen molar-refractivity contribution in [1.82, 2.24) is 0 Å². The van der Waals surface area contributed by atoms with Gasteiger partial charge in [0.05, 0.1) is 6.04 Å². The highest BCUT2D eigenvalue weighted by atomic mass is 16.1. The van der Waals surface area contributed by atoms with Crippen LogP contribution in [0.2, 0.25) is 0 Å². The van der Waals surface area contributed by atoms with Gasteiger partial charge in [0, 0.05) is 18.3 Å². The molecule has 86 valence electrons. The van der Waals surface area contributed by atoms with Gasteiger partial charge in [0.2, 0.25) is 0 Å². The average Bonchev–Trinajstić information content (AvgIpc) is 2.77. The van der Waals surface area contributed by atoms with Gasteiger partial charge in [0.15, 0.2) is 0 Å². The Hall–Kier alpha value is -1.35. The molecule has 0 amide bonds. The molecule has 1 fully saturated rings. The van der Waals surface area contributed by atoms with E-state index in [1.54, 1.807) is 0 Å². The molecule has 1 aliphatic rings. The molecule has 0 radical (unpaired) electrons. The molecule has 0 bridgehead atoms. The Bertz CT molecular complexity index is 359. The molecule has 1 saturated heterocycles. The van der Waals surface area contributed by atoms with Crippen molar-refractivity contribution in [3.8, 4) is 0 Å². The average molecular weight is 218 g/mol. The summed E-state index contributed by atoms with van der Waals surface area (Å²) in [5.74, 6) is 0. The van der Waals surface area contributed by atoms with E-state index in [1.807, 2.05) is 19.1 Å². The van der Waals surface area contributed by atoms with Crippen LogP contribution in [0.25, 0.3) is 0 Å². The zero-order valence-corrected chi connectivity index (χ0v) is 9.60. The van der Waals surface area contributed by atoms with Crippen LogP contribution in [-0.2, 0) is 4.79 Å². The van der Waals surface area contributed by atoms with Crippen LogP contribution >= 0.6 is 0 Å². The molecule has 0 saturated carbocycles. The van der Waals surface area contributed by atoms with Gasteiger partial charge in [-0.3, -0.25) is 0 Å². The van der Waals surface area contributed by atoms with E-state index in [9.17, 15) is 4.79 Å². The summed E-state index contributed by atoms with van der Waals surface area (Å²) >= 11 is 0. The summed E-state index contributed by atoms with van der Waals surface area (Å²) in [7, 11) is 0. The Morgan fingerprint density at radius 3 is 2.69 bits per heavy atom. The molecule has 16 heavy (non-hydrogen) atoms. The van der Waals surface area contributed by atoms with Gasteiger partial charge in [-0.1, -0.05) is 12.1 Å². The van der Waals surface area contributed by atoms with E-state index in [-0.39, 0.29) is 12.1 Å². The molecule has 3 heteroatoms. The molecule has 2 N–H and O–H groups in total. The summed E-state index contributed by atoms with van der Waals surface area (Å²) in [6.07, 6.45) is 3.11. The lowest BCUT2D eigenvalue weighted by Gasteiger charge is -2.23. The fraction of sp³-hybridized carbons (Fsp3) is 0.462. The molecule has 1 aliphatic heterocycles. The first-order valence-electron chi connectivity index (χ1n) is 5.80. The van der Waals surface area contributed by atoms with Gasteiger partial charge in [-0.15, -0.1) is 0 Å². The second kappa shape index (κ2) is 4.66. The number of carbonyl (C=O) groups excluding carboxylic acids is 1. The maximum absolute atomic E-state index is 10.9. The van der Waals surface area contributed by atoms with Crippen molar-refractivity contribution in [2.75, 3.05) is 11.4 Å². The third-order valence-electron chi connectivity index (χ3n) is 3.21. The maximum atomic E-state index is 10.9. The number of carbonyl (C=O) groups is 1. The molecule has 1 aromatic rings. The number of nitrogens with two attached hydrogens (primary N) is 1. The van der Waals surface area contributed by atoms with Crippen molar-refractivity contribution in [1.29, 1.82) is 0 Å². The van der Waals surface area contributed by atoms with Crippen LogP contribution in [0.5, 0.6) is 0 Å². The Kier molecular flexibility index (Phi) is 3.25. The van der Waals surface area contributed by atoms with Crippen LogP contribution in [0.4, 0.5) is 5.69 Å². The molecule has 3 nitrogen and oxygen atoms in total. The SMILES string of the molecule is CC(N)c1ccc(N2CCCC2C=O)cc1. The first-order chi connectivity index (χ1) is 7.72. The molecule has 1 heterocycles. The van der Waals surface area contributed by atoms with Gasteiger partial charge in [0.1, 0.15) is 6.29 Å². The number of hydrogen-bond donors (Lipinski definition) is 1. The Morgan fingerprint density at radius 1 is 1.44 bits per heavy atom. The van der Waals surface area contributed by atoms with E-state index < -0.39 is 0 Å². The van der Waals surface area contributed by atoms with E-state index in [0.717, 1.165) is 36.9 Å². The van der Waals surface area contributed by atoms with Gasteiger partial charge in [-0.05, 0) is 37.5 Å². The second-order valence-electron chi connectivity index (χ2n) is 4.42. The zero-order chi connectivity index (χ0) is 11.5. The minimum absolute atomic E-state index is 0.0566. The van der Waals surface area contributed by atoms with Gasteiger partial charge in [0.25, 0.3) is 0 Å². The van der Waals surface area contributed by atoms with E-state index in [0.29, 0.717) is 0 Å². The minimum Gasteiger partial charge on any atom is -0.362 e. The van der Waals surface area contributed by atoms with Gasteiger partial charge < -0.3 is 15.4 Å². The highest BCUT2D eigenvalue weighted by molar-refractivity contribution is 5.67. The lowest BCUT2D eigenvalue weighted by Crippen LogP contribution is -2.30. The number of benzene rings is 1. The number of anilines is 1. The first kappa shape index (κ1) is 11.1. The number of hydrogen-bond acceptors (Lipinski definition) is 3. The predicted molar refractivity (Wildman–Crippen MR) is 65.5 cm³/mol. The first-order valence-corrected chi connectivity index (χ1v) is 5.80. The fourth-order valence-corrected chi connectivity index (χ4v) is 2.22. The van der Waals surface area contributed by atoms with Crippen LogP contribution in [0.15, 0.2) is 24.3 Å². The van der Waals surface area contributed by atoms with Gasteiger partial charge in [-0.2, -0.15) is 0 Å². The van der Waals surface area contributed by atoms with Crippen LogP contribution in [0, 0.1) is 0 Å². The molecule has 2 unspecified atom stereocenters. The Morgan fingerprint density at radius 2 is 2.12 bits per heavy atom. The Labute approximate surface area is 96.2 Å². The molecule has 2 rings (SSSR count). The fourth-order valence-electron chi connectivity index (χ4n) is 2.22. The zero-order valence-electron chi connectivity index (χ0n) is 9.60. The van der Waals surface area contributed by atoms with Crippen LogP contribution in [0.1, 0.15) is 31.4 Å². The quantitative estimate of drug-likeness (QED) is 0.788. The molecular formula is C13H18N2O. The molecular weight excluding hydrogens is 200 g/mol. The number of nitrogens with zero attached hydrogens (tertiary/aromatic N) is 1.